The fraction of sp³-hybridized carbons (Fsp3) is 0.111. The van der Waals surface area contributed by atoms with Crippen molar-refractivity contribution in [1.82, 2.24) is 0 Å². The number of carbonyl (C=O) groups is 2. The summed E-state index contributed by atoms with van der Waals surface area (Å²) in [4.78, 5) is 23.0. The van der Waals surface area contributed by atoms with Gasteiger partial charge in [0.05, 0.1) is 6.61 Å². The number of aliphatic hydroxyl groups excluding tert-OH is 1. The van der Waals surface area contributed by atoms with Gasteiger partial charge in [-0.15, -0.1) is 0 Å². The highest BCUT2D eigenvalue weighted by Gasteiger charge is 2.10. The zero-order chi connectivity index (χ0) is 17.9. The van der Waals surface area contributed by atoms with E-state index in [1.54, 1.807) is 43.3 Å². The molecule has 118 valence electrons. The van der Waals surface area contributed by atoms with Crippen molar-refractivity contribution in [2.45, 2.75) is 6.92 Å². The highest BCUT2D eigenvalue weighted by molar-refractivity contribution is 6.13. The molecule has 1 rings (SSSR count). The molecule has 0 saturated carbocycles. The lowest BCUT2D eigenvalue weighted by molar-refractivity contribution is -0.137. The largest absolute Gasteiger partial charge is 0.462 e. The van der Waals surface area contributed by atoms with Crippen molar-refractivity contribution >= 4 is 23.9 Å². The van der Waals surface area contributed by atoms with Crippen LogP contribution in [-0.2, 0) is 14.3 Å². The van der Waals surface area contributed by atoms with Gasteiger partial charge in [-0.3, -0.25) is 4.79 Å². The van der Waals surface area contributed by atoms with Crippen LogP contribution in [0.3, 0.4) is 0 Å². The molecule has 0 heterocycles. The molecule has 0 aliphatic heterocycles. The number of carbonyl (C=O) groups excluding carboxylic acids is 2. The highest BCUT2D eigenvalue weighted by atomic mass is 16.5. The Morgan fingerprint density at radius 2 is 1.58 bits per heavy atom. The van der Waals surface area contributed by atoms with Gasteiger partial charge >= 0.3 is 5.97 Å². The average molecular weight is 320 g/mol. The molecule has 0 radical (unpaired) electrons. The Morgan fingerprint density at radius 3 is 2.00 bits per heavy atom. The predicted octanol–water partition coefficient (Wildman–Crippen LogP) is 1.97. The summed E-state index contributed by atoms with van der Waals surface area (Å²) in [5, 5.41) is 26.3. The van der Waals surface area contributed by atoms with Gasteiger partial charge in [0.25, 0.3) is 0 Å². The molecule has 0 amide bonds. The molecule has 0 spiro atoms. The van der Waals surface area contributed by atoms with Crippen LogP contribution in [0.2, 0.25) is 0 Å². The minimum Gasteiger partial charge on any atom is -0.462 e. The first kappa shape index (κ1) is 18.2. The third kappa shape index (κ3) is 5.18. The van der Waals surface area contributed by atoms with Gasteiger partial charge in [0.2, 0.25) is 5.78 Å². The summed E-state index contributed by atoms with van der Waals surface area (Å²) in [6.07, 6.45) is 4.14. The first-order chi connectivity index (χ1) is 11.5. The van der Waals surface area contributed by atoms with E-state index in [1.165, 1.54) is 18.3 Å². The highest BCUT2D eigenvalue weighted by Crippen LogP contribution is 2.13. The van der Waals surface area contributed by atoms with Gasteiger partial charge in [-0.25, -0.2) is 4.79 Å². The number of rotatable bonds is 5. The summed E-state index contributed by atoms with van der Waals surface area (Å²) in [6.45, 7) is 1.81. The van der Waals surface area contributed by atoms with E-state index in [2.05, 4.69) is 0 Å². The van der Waals surface area contributed by atoms with Gasteiger partial charge < -0.3 is 9.84 Å². The van der Waals surface area contributed by atoms with Crippen LogP contribution in [0.1, 0.15) is 18.1 Å². The SMILES string of the molecule is CCOC(=O)C(C#N)=Cc1ccc(/C=C(\C#N)C(=O)C#CO)cc1. The van der Waals surface area contributed by atoms with Crippen molar-refractivity contribution in [1.29, 1.82) is 10.5 Å². The van der Waals surface area contributed by atoms with E-state index in [-0.39, 0.29) is 17.8 Å². The van der Waals surface area contributed by atoms with Gasteiger partial charge in [-0.1, -0.05) is 24.3 Å². The van der Waals surface area contributed by atoms with Crippen molar-refractivity contribution in [2.24, 2.45) is 0 Å². The molecule has 0 aliphatic carbocycles. The Hall–Kier alpha value is -3.82. The number of esters is 1. The number of benzene rings is 1. The molecular weight excluding hydrogens is 308 g/mol. The third-order valence-electron chi connectivity index (χ3n) is 2.71. The lowest BCUT2D eigenvalue weighted by Crippen LogP contribution is -2.05. The van der Waals surface area contributed by atoms with Gasteiger partial charge in [0.1, 0.15) is 29.4 Å². The molecule has 1 N–H and O–H groups in total. The lowest BCUT2D eigenvalue weighted by Gasteiger charge is -2.00. The smallest absolute Gasteiger partial charge is 0.348 e. The predicted molar refractivity (Wildman–Crippen MR) is 85.0 cm³/mol. The van der Waals surface area contributed by atoms with Crippen LogP contribution in [0.25, 0.3) is 12.2 Å². The van der Waals surface area contributed by atoms with Crippen LogP contribution in [0.4, 0.5) is 0 Å². The Bertz CT molecular complexity index is 838. The van der Waals surface area contributed by atoms with E-state index in [0.29, 0.717) is 11.1 Å². The Kier molecular flexibility index (Phi) is 7.03. The van der Waals surface area contributed by atoms with Crippen molar-refractivity contribution in [2.75, 3.05) is 6.61 Å². The second-order valence-electron chi connectivity index (χ2n) is 4.29. The topological polar surface area (TPSA) is 111 Å². The fourth-order valence-corrected chi connectivity index (χ4v) is 1.63. The van der Waals surface area contributed by atoms with Crippen LogP contribution in [0.15, 0.2) is 35.4 Å². The molecule has 24 heavy (non-hydrogen) atoms. The number of ketones is 1. The number of hydrogen-bond donors (Lipinski definition) is 1. The maximum Gasteiger partial charge on any atom is 0.348 e. The van der Waals surface area contributed by atoms with E-state index in [4.69, 9.17) is 20.4 Å². The molecule has 0 bridgehead atoms. The molecule has 1 aromatic carbocycles. The third-order valence-corrected chi connectivity index (χ3v) is 2.71. The van der Waals surface area contributed by atoms with Gasteiger partial charge in [-0.05, 0) is 30.2 Å². The zero-order valence-electron chi connectivity index (χ0n) is 12.7. The van der Waals surface area contributed by atoms with Crippen molar-refractivity contribution in [3.63, 3.8) is 0 Å². The molecule has 0 aliphatic rings. The number of aliphatic hydroxyl groups is 1. The van der Waals surface area contributed by atoms with Crippen LogP contribution in [-0.4, -0.2) is 23.5 Å². The second-order valence-corrected chi connectivity index (χ2v) is 4.29. The minimum atomic E-state index is -0.793. The molecule has 0 atom stereocenters. The number of nitrogens with zero attached hydrogens (tertiary/aromatic N) is 2. The summed E-state index contributed by atoms with van der Waals surface area (Å²) < 4.78 is 4.76. The first-order valence-electron chi connectivity index (χ1n) is 6.76. The van der Waals surface area contributed by atoms with Gasteiger partial charge in [0, 0.05) is 5.92 Å². The maximum atomic E-state index is 11.5. The number of nitriles is 2. The molecule has 0 unspecified atom stereocenters. The van der Waals surface area contributed by atoms with E-state index in [0.717, 1.165) is 0 Å². The fourth-order valence-electron chi connectivity index (χ4n) is 1.63. The van der Waals surface area contributed by atoms with Gasteiger partial charge in [0.15, 0.2) is 0 Å². The number of ether oxygens (including phenoxy) is 1. The zero-order valence-corrected chi connectivity index (χ0v) is 12.7. The summed E-state index contributed by atoms with van der Waals surface area (Å²) in [7, 11) is 0. The molecule has 6 nitrogen and oxygen atoms in total. The maximum absolute atomic E-state index is 11.5. The monoisotopic (exact) mass is 320 g/mol. The first-order valence-corrected chi connectivity index (χ1v) is 6.76. The van der Waals surface area contributed by atoms with Crippen molar-refractivity contribution < 1.29 is 19.4 Å². The lowest BCUT2D eigenvalue weighted by atomic mass is 10.1. The summed E-state index contributed by atoms with van der Waals surface area (Å²) in [5.74, 6) is 0.367. The molecule has 0 fully saturated rings. The standard InChI is InChI=1S/C18H12N2O4/c1-2-24-18(23)16(12-20)10-14-5-3-13(4-6-14)9-15(11-19)17(22)7-8-21/h3-6,9-10,21H,2H2,1H3/b15-9+,16-10?. The normalized spacial score (nSPS) is 10.6. The molecule has 0 aromatic heterocycles. The van der Waals surface area contributed by atoms with Crippen molar-refractivity contribution in [3.8, 4) is 24.2 Å². The average Bonchev–Trinajstić information content (AvgIpc) is 2.59. The quantitative estimate of drug-likeness (QED) is 0.384. The van der Waals surface area contributed by atoms with E-state index in [1.807, 2.05) is 5.92 Å². The summed E-state index contributed by atoms with van der Waals surface area (Å²) >= 11 is 0. The molecule has 1 aromatic rings. The van der Waals surface area contributed by atoms with Crippen LogP contribution in [0.5, 0.6) is 0 Å². The summed E-state index contributed by atoms with van der Waals surface area (Å²) in [5.41, 5.74) is 0.776. The van der Waals surface area contributed by atoms with Crippen LogP contribution < -0.4 is 0 Å². The van der Waals surface area contributed by atoms with Crippen molar-refractivity contribution in [3.05, 3.63) is 46.5 Å². The Morgan fingerprint density at radius 1 is 1.08 bits per heavy atom. The minimum absolute atomic E-state index is 0.133. The molecule has 6 heteroatoms. The molecular formula is C18H12N2O4. The number of hydrogen-bond acceptors (Lipinski definition) is 6. The van der Waals surface area contributed by atoms with Crippen LogP contribution in [0, 0.1) is 34.7 Å². The number of Topliss-reactive ketones (excluding diaryl/α,β-unsaturated/α-hetero) is 1. The van der Waals surface area contributed by atoms with Gasteiger partial charge in [-0.2, -0.15) is 10.5 Å². The molecule has 0 saturated heterocycles. The van der Waals surface area contributed by atoms with E-state index >= 15 is 0 Å². The number of allylic oxidation sites excluding steroid dienone is 1. The second kappa shape index (κ2) is 9.25. The van der Waals surface area contributed by atoms with Crippen LogP contribution >= 0.6 is 0 Å². The van der Waals surface area contributed by atoms with E-state index in [9.17, 15) is 9.59 Å². The Labute approximate surface area is 138 Å². The van der Waals surface area contributed by atoms with E-state index < -0.39 is 11.8 Å². The Balaban J connectivity index is 3.07. The summed E-state index contributed by atoms with van der Waals surface area (Å²) in [6, 6.07) is 9.89.